The fourth-order valence-corrected chi connectivity index (χ4v) is 1.73. The van der Waals surface area contributed by atoms with Crippen LogP contribution in [0.4, 0.5) is 9.18 Å². The molecule has 1 atom stereocenters. The first-order valence-corrected chi connectivity index (χ1v) is 6.85. The number of benzene rings is 1. The van der Waals surface area contributed by atoms with Gasteiger partial charge in [0.1, 0.15) is 5.82 Å². The molecule has 0 heterocycles. The molecule has 3 amide bonds. The maximum Gasteiger partial charge on any atom is 0.321 e. The lowest BCUT2D eigenvalue weighted by Crippen LogP contribution is -2.49. The van der Waals surface area contributed by atoms with Crippen molar-refractivity contribution in [3.05, 3.63) is 35.6 Å². The highest BCUT2D eigenvalue weighted by Gasteiger charge is 2.20. The van der Waals surface area contributed by atoms with E-state index in [4.69, 9.17) is 0 Å². The van der Waals surface area contributed by atoms with E-state index in [1.54, 1.807) is 31.0 Å². The molecular formula is C15H22FN3O2. The summed E-state index contributed by atoms with van der Waals surface area (Å²) in [6, 6.07) is 5.08. The van der Waals surface area contributed by atoms with Gasteiger partial charge in [0.2, 0.25) is 5.91 Å². The molecular weight excluding hydrogens is 273 g/mol. The first kappa shape index (κ1) is 17.1. The van der Waals surface area contributed by atoms with Crippen LogP contribution < -0.4 is 10.6 Å². The molecule has 0 radical (unpaired) electrons. The van der Waals surface area contributed by atoms with Crippen LogP contribution in [0.15, 0.2) is 24.3 Å². The average Bonchev–Trinajstić information content (AvgIpc) is 2.39. The Morgan fingerprint density at radius 3 is 2.29 bits per heavy atom. The van der Waals surface area contributed by atoms with Gasteiger partial charge >= 0.3 is 6.03 Å². The summed E-state index contributed by atoms with van der Waals surface area (Å²) in [5.41, 5.74) is 0.894. The topological polar surface area (TPSA) is 61.4 Å². The number of likely N-dealkylation sites (N-methyl/N-ethyl adjacent to an activating group) is 1. The molecule has 5 nitrogen and oxygen atoms in total. The van der Waals surface area contributed by atoms with Crippen LogP contribution >= 0.6 is 0 Å². The third-order valence-electron chi connectivity index (χ3n) is 3.04. The van der Waals surface area contributed by atoms with Gasteiger partial charge in [-0.2, -0.15) is 0 Å². The van der Waals surface area contributed by atoms with E-state index in [2.05, 4.69) is 10.6 Å². The van der Waals surface area contributed by atoms with E-state index < -0.39 is 12.1 Å². The van der Waals surface area contributed by atoms with E-state index >= 15 is 0 Å². The Morgan fingerprint density at radius 1 is 1.19 bits per heavy atom. The number of carbonyl (C=O) groups excluding carboxylic acids is 2. The van der Waals surface area contributed by atoms with E-state index in [0.717, 1.165) is 5.56 Å². The minimum Gasteiger partial charge on any atom is -0.336 e. The van der Waals surface area contributed by atoms with Crippen LogP contribution in [0, 0.1) is 5.82 Å². The molecule has 6 heteroatoms. The maximum atomic E-state index is 12.8. The van der Waals surface area contributed by atoms with Crippen LogP contribution in [-0.2, 0) is 11.3 Å². The van der Waals surface area contributed by atoms with Crippen LogP contribution in [0.25, 0.3) is 0 Å². The van der Waals surface area contributed by atoms with E-state index in [0.29, 0.717) is 6.54 Å². The minimum absolute atomic E-state index is 0.0370. The molecule has 116 valence electrons. The lowest BCUT2D eigenvalue weighted by Gasteiger charge is -2.23. The zero-order valence-corrected chi connectivity index (χ0v) is 12.8. The summed E-state index contributed by atoms with van der Waals surface area (Å²) >= 11 is 0. The van der Waals surface area contributed by atoms with E-state index in [1.165, 1.54) is 12.1 Å². The van der Waals surface area contributed by atoms with E-state index in [-0.39, 0.29) is 17.8 Å². The average molecular weight is 295 g/mol. The summed E-state index contributed by atoms with van der Waals surface area (Å²) in [6.07, 6.45) is 0. The molecule has 1 aromatic carbocycles. The Morgan fingerprint density at radius 2 is 1.76 bits per heavy atom. The number of hydrogen-bond donors (Lipinski definition) is 2. The number of hydrogen-bond acceptors (Lipinski definition) is 3. The van der Waals surface area contributed by atoms with Crippen molar-refractivity contribution in [3.63, 3.8) is 0 Å². The highest BCUT2D eigenvalue weighted by atomic mass is 19.1. The van der Waals surface area contributed by atoms with E-state index in [1.807, 2.05) is 13.8 Å². The Labute approximate surface area is 124 Å². The Hall–Kier alpha value is -1.95. The lowest BCUT2D eigenvalue weighted by atomic mass is 10.2. The quantitative estimate of drug-likeness (QED) is 0.872. The van der Waals surface area contributed by atoms with Crippen LogP contribution in [0.2, 0.25) is 0 Å². The van der Waals surface area contributed by atoms with Gasteiger partial charge in [0.15, 0.2) is 0 Å². The van der Waals surface area contributed by atoms with Crippen LogP contribution in [0.1, 0.15) is 26.3 Å². The first-order valence-electron chi connectivity index (χ1n) is 6.85. The second-order valence-electron chi connectivity index (χ2n) is 5.33. The van der Waals surface area contributed by atoms with Gasteiger partial charge in [-0.3, -0.25) is 15.0 Å². The molecule has 0 aliphatic rings. The molecule has 0 saturated heterocycles. The molecule has 0 unspecified atom stereocenters. The fraction of sp³-hybridized carbons (Fsp3) is 0.467. The molecule has 0 aliphatic carbocycles. The predicted molar refractivity (Wildman–Crippen MR) is 79.1 cm³/mol. The first-order chi connectivity index (χ1) is 9.79. The van der Waals surface area contributed by atoms with Gasteiger partial charge in [-0.25, -0.2) is 9.18 Å². The number of amides is 3. The maximum absolute atomic E-state index is 12.8. The molecule has 0 spiro atoms. The van der Waals surface area contributed by atoms with Crippen molar-refractivity contribution in [2.45, 2.75) is 39.4 Å². The van der Waals surface area contributed by atoms with Gasteiger partial charge in [-0.1, -0.05) is 12.1 Å². The van der Waals surface area contributed by atoms with Crippen molar-refractivity contribution in [3.8, 4) is 0 Å². The van der Waals surface area contributed by atoms with Crippen LogP contribution in [0.3, 0.4) is 0 Å². The summed E-state index contributed by atoms with van der Waals surface area (Å²) in [6.45, 7) is 5.82. The number of carbonyl (C=O) groups is 2. The summed E-state index contributed by atoms with van der Waals surface area (Å²) in [4.78, 5) is 25.2. The van der Waals surface area contributed by atoms with Crippen LogP contribution in [-0.4, -0.2) is 36.0 Å². The monoisotopic (exact) mass is 295 g/mol. The smallest absolute Gasteiger partial charge is 0.321 e. The standard InChI is InChI=1S/C15H22FN3O2/c1-10(2)17-15(21)18-14(20)11(3)19(4)9-12-5-7-13(16)8-6-12/h5-8,10-11H,9H2,1-4H3,(H2,17,18,20,21)/t11-/m0/s1. The summed E-state index contributed by atoms with van der Waals surface area (Å²) < 4.78 is 12.8. The zero-order chi connectivity index (χ0) is 16.0. The summed E-state index contributed by atoms with van der Waals surface area (Å²) in [5.74, 6) is -0.671. The Kier molecular flexibility index (Phi) is 6.30. The largest absolute Gasteiger partial charge is 0.336 e. The van der Waals surface area contributed by atoms with Gasteiger partial charge in [0, 0.05) is 12.6 Å². The third kappa shape index (κ3) is 5.91. The Bertz CT molecular complexity index is 488. The van der Waals surface area contributed by atoms with Crippen molar-refractivity contribution >= 4 is 11.9 Å². The predicted octanol–water partition coefficient (Wildman–Crippen LogP) is 1.88. The highest BCUT2D eigenvalue weighted by Crippen LogP contribution is 2.08. The van der Waals surface area contributed by atoms with Gasteiger partial charge in [-0.05, 0) is 45.5 Å². The normalized spacial score (nSPS) is 12.3. The second-order valence-corrected chi connectivity index (χ2v) is 5.33. The highest BCUT2D eigenvalue weighted by molar-refractivity contribution is 5.96. The van der Waals surface area contributed by atoms with Gasteiger partial charge in [0.05, 0.1) is 6.04 Å². The fourth-order valence-electron chi connectivity index (χ4n) is 1.73. The summed E-state index contributed by atoms with van der Waals surface area (Å²) in [7, 11) is 1.77. The van der Waals surface area contributed by atoms with Crippen molar-refractivity contribution in [2.75, 3.05) is 7.05 Å². The zero-order valence-electron chi connectivity index (χ0n) is 12.8. The van der Waals surface area contributed by atoms with Crippen molar-refractivity contribution in [1.29, 1.82) is 0 Å². The second kappa shape index (κ2) is 7.73. The molecule has 0 aromatic heterocycles. The van der Waals surface area contributed by atoms with Gasteiger partial charge < -0.3 is 5.32 Å². The van der Waals surface area contributed by atoms with Crippen molar-refractivity contribution in [2.24, 2.45) is 0 Å². The third-order valence-corrected chi connectivity index (χ3v) is 3.04. The number of urea groups is 1. The van der Waals surface area contributed by atoms with Gasteiger partial charge in [-0.15, -0.1) is 0 Å². The molecule has 1 aromatic rings. The minimum atomic E-state index is -0.503. The summed E-state index contributed by atoms with van der Waals surface area (Å²) in [5, 5.41) is 4.89. The number of rotatable bonds is 5. The van der Waals surface area contributed by atoms with Gasteiger partial charge in [0.25, 0.3) is 0 Å². The number of halogens is 1. The molecule has 0 aliphatic heterocycles. The lowest BCUT2D eigenvalue weighted by molar-refractivity contribution is -0.124. The molecule has 0 fully saturated rings. The van der Waals surface area contributed by atoms with Crippen molar-refractivity contribution < 1.29 is 14.0 Å². The van der Waals surface area contributed by atoms with Crippen LogP contribution in [0.5, 0.6) is 0 Å². The molecule has 2 N–H and O–H groups in total. The number of imide groups is 1. The molecule has 0 bridgehead atoms. The molecule has 21 heavy (non-hydrogen) atoms. The van der Waals surface area contributed by atoms with Crippen molar-refractivity contribution in [1.82, 2.24) is 15.5 Å². The Balaban J connectivity index is 2.53. The molecule has 0 saturated carbocycles. The molecule has 1 rings (SSSR count). The van der Waals surface area contributed by atoms with E-state index in [9.17, 15) is 14.0 Å². The number of nitrogens with zero attached hydrogens (tertiary/aromatic N) is 1. The SMILES string of the molecule is CC(C)NC(=O)NC(=O)[C@H](C)N(C)Cc1ccc(F)cc1. The number of nitrogens with one attached hydrogen (secondary N) is 2.